The number of piperidine rings is 1. The van der Waals surface area contributed by atoms with E-state index in [1.807, 2.05) is 62.2 Å². The highest BCUT2D eigenvalue weighted by atomic mass is 16.5. The molecule has 6 heterocycles. The number of amides is 1. The molecule has 6 N–H and O–H groups in total. The highest BCUT2D eigenvalue weighted by Gasteiger charge is 2.78. The van der Waals surface area contributed by atoms with Gasteiger partial charge in [0.05, 0.1) is 32.0 Å². The van der Waals surface area contributed by atoms with E-state index in [0.717, 1.165) is 33.4 Å². The molecule has 1 aromatic heterocycles. The number of aliphatic hydroxyl groups excluding tert-OH is 2. The molecule has 1 aliphatic carbocycles. The van der Waals surface area contributed by atoms with Crippen molar-refractivity contribution in [2.24, 2.45) is 11.3 Å². The summed E-state index contributed by atoms with van der Waals surface area (Å²) in [6.45, 7) is 8.81. The van der Waals surface area contributed by atoms with Crippen molar-refractivity contribution in [3.05, 3.63) is 70.9 Å². The average molecular weight is 812 g/mol. The number of para-hydroxylation sites is 1. The quantitative estimate of drug-likeness (QED) is 0.146. The van der Waals surface area contributed by atoms with Crippen molar-refractivity contribution in [3.8, 4) is 5.75 Å². The van der Waals surface area contributed by atoms with Crippen LogP contribution in [0, 0.1) is 11.3 Å². The molecule has 3 fully saturated rings. The summed E-state index contributed by atoms with van der Waals surface area (Å²) in [5, 5.41) is 51.9. The van der Waals surface area contributed by atoms with E-state index in [1.54, 1.807) is 14.0 Å². The third kappa shape index (κ3) is 5.37. The van der Waals surface area contributed by atoms with Gasteiger partial charge in [0.1, 0.15) is 17.3 Å². The number of anilines is 1. The molecule has 11 atom stereocenters. The molecule has 1 spiro atoms. The Morgan fingerprint density at radius 2 is 1.83 bits per heavy atom. The number of methoxy groups -OCH3 is 2. The van der Waals surface area contributed by atoms with Gasteiger partial charge in [0.2, 0.25) is 0 Å². The number of benzene rings is 2. The van der Waals surface area contributed by atoms with Crippen LogP contribution in [0.3, 0.4) is 0 Å². The molecule has 2 saturated heterocycles. The molecule has 13 heteroatoms. The third-order valence-corrected chi connectivity index (χ3v) is 15.8. The molecule has 5 aliphatic heterocycles. The van der Waals surface area contributed by atoms with Crippen LogP contribution in [0.15, 0.2) is 48.6 Å². The summed E-state index contributed by atoms with van der Waals surface area (Å²) in [7, 11) is 4.90. The molecule has 59 heavy (non-hydrogen) atoms. The number of aromatic amines is 1. The molecule has 3 aromatic rings. The van der Waals surface area contributed by atoms with E-state index in [0.29, 0.717) is 82.6 Å². The summed E-state index contributed by atoms with van der Waals surface area (Å²) < 4.78 is 12.3. The van der Waals surface area contributed by atoms with Crippen molar-refractivity contribution in [2.75, 3.05) is 65.4 Å². The van der Waals surface area contributed by atoms with Crippen LogP contribution in [0.2, 0.25) is 0 Å². The Labute approximate surface area is 346 Å². The number of esters is 1. The standard InChI is InChI=1S/C46H61N5O8/c1-7-42(56)22-28-23-45(41(55)59-6,36-30(14-18-50(25-28)26-42)29-12-9-10-13-33(29)48-36)32-20-31-34(21-35(32)58-5)49(4)38-44(31)16-19-51-17-11-15-43(8-2,37(44)51)39(53)46(38,57)40(54)47-24-27(3)52/h9-13,15,20-21,27-28,37-39,48,52-53,56-57H,7-8,14,16-19,22-26H2,1-6H3,(H,47,54)/t27-,28-,37?,38?,39-,42?,43-,44?,45+,46+/m1/s1. The van der Waals surface area contributed by atoms with E-state index < -0.39 is 57.6 Å². The van der Waals surface area contributed by atoms with Gasteiger partial charge in [-0.05, 0) is 81.2 Å². The molecule has 13 nitrogen and oxygen atoms in total. The number of aromatic nitrogens is 1. The number of H-pyrrole nitrogens is 1. The second-order valence-corrected chi connectivity index (χ2v) is 18.7. The summed E-state index contributed by atoms with van der Waals surface area (Å²) in [5.74, 6) is -0.808. The smallest absolute Gasteiger partial charge is 0.322 e. The van der Waals surface area contributed by atoms with Crippen molar-refractivity contribution in [1.82, 2.24) is 20.1 Å². The van der Waals surface area contributed by atoms with E-state index in [1.165, 1.54) is 7.11 Å². The number of likely N-dealkylation sites (N-methyl/N-ethyl adjacent to an activating group) is 1. The Hall–Kier alpha value is -3.98. The predicted octanol–water partition coefficient (Wildman–Crippen LogP) is 2.74. The number of hydrogen-bond acceptors (Lipinski definition) is 11. The van der Waals surface area contributed by atoms with Crippen LogP contribution in [0.4, 0.5) is 5.69 Å². The summed E-state index contributed by atoms with van der Waals surface area (Å²) in [6.07, 6.45) is 4.83. The van der Waals surface area contributed by atoms with Crippen LogP contribution >= 0.6 is 0 Å². The van der Waals surface area contributed by atoms with Gasteiger partial charge in [-0.25, -0.2) is 0 Å². The molecule has 6 aliphatic rings. The Kier molecular flexibility index (Phi) is 9.62. The SMILES string of the molecule is CCC1(O)C[C@H]2CN(CCc3c([nH]c4ccccc34)[C@@](C(=O)OC)(c3cc4c(cc3OC)N(C)C3C45CCN4CC=C[C@](CC)(C45)[C@@H](O)[C@]3(O)C(=O)NC[C@@H](C)O)C2)C1. The van der Waals surface area contributed by atoms with Crippen LogP contribution < -0.4 is 15.0 Å². The molecule has 2 aromatic carbocycles. The van der Waals surface area contributed by atoms with Crippen molar-refractivity contribution in [3.63, 3.8) is 0 Å². The van der Waals surface area contributed by atoms with Gasteiger partial charge < -0.3 is 45.1 Å². The maximum Gasteiger partial charge on any atom is 0.322 e. The fraction of sp³-hybridized carbons (Fsp3) is 0.609. The lowest BCUT2D eigenvalue weighted by Crippen LogP contribution is -2.81. The fourth-order valence-corrected chi connectivity index (χ4v) is 13.4. The zero-order valence-electron chi connectivity index (χ0n) is 35.3. The van der Waals surface area contributed by atoms with Gasteiger partial charge in [-0.2, -0.15) is 0 Å². The Balaban J connectivity index is 1.34. The third-order valence-electron chi connectivity index (χ3n) is 15.8. The first-order chi connectivity index (χ1) is 28.2. The number of fused-ring (bicyclic) bond motifs is 6. The number of ether oxygens (including phenoxy) is 2. The van der Waals surface area contributed by atoms with Crippen molar-refractivity contribution >= 4 is 28.5 Å². The topological polar surface area (TPSA) is 171 Å². The normalized spacial score (nSPS) is 37.7. The van der Waals surface area contributed by atoms with Gasteiger partial charge in [-0.1, -0.05) is 44.2 Å². The zero-order chi connectivity index (χ0) is 41.9. The lowest BCUT2D eigenvalue weighted by atomic mass is 9.47. The minimum atomic E-state index is -2.31. The van der Waals surface area contributed by atoms with E-state index in [4.69, 9.17) is 9.47 Å². The largest absolute Gasteiger partial charge is 0.496 e. The number of aliphatic hydroxyl groups is 4. The van der Waals surface area contributed by atoms with E-state index in [9.17, 15) is 25.2 Å². The van der Waals surface area contributed by atoms with Gasteiger partial charge in [0, 0.05) is 90.6 Å². The molecular formula is C46H61N5O8. The predicted molar refractivity (Wildman–Crippen MR) is 224 cm³/mol. The summed E-state index contributed by atoms with van der Waals surface area (Å²) in [5.41, 5.74) is -1.61. The van der Waals surface area contributed by atoms with Crippen LogP contribution in [-0.2, 0) is 31.6 Å². The minimum Gasteiger partial charge on any atom is -0.496 e. The van der Waals surface area contributed by atoms with Crippen LogP contribution in [-0.4, -0.2) is 143 Å². The summed E-state index contributed by atoms with van der Waals surface area (Å²) in [4.78, 5) is 40.3. The second-order valence-electron chi connectivity index (χ2n) is 18.7. The first kappa shape index (κ1) is 40.4. The number of nitrogens with zero attached hydrogens (tertiary/aromatic N) is 3. The zero-order valence-corrected chi connectivity index (χ0v) is 35.3. The van der Waals surface area contributed by atoms with Gasteiger partial charge in [0.25, 0.3) is 5.91 Å². The number of rotatable bonds is 8. The van der Waals surface area contributed by atoms with Crippen LogP contribution in [0.1, 0.15) is 75.3 Å². The van der Waals surface area contributed by atoms with Gasteiger partial charge in [0.15, 0.2) is 5.60 Å². The molecular weight excluding hydrogens is 751 g/mol. The molecule has 9 rings (SSSR count). The van der Waals surface area contributed by atoms with Crippen molar-refractivity contribution in [1.29, 1.82) is 0 Å². The second kappa shape index (κ2) is 14.0. The summed E-state index contributed by atoms with van der Waals surface area (Å²) >= 11 is 0. The van der Waals surface area contributed by atoms with Crippen LogP contribution in [0.25, 0.3) is 10.9 Å². The van der Waals surface area contributed by atoms with Gasteiger partial charge in [-0.3, -0.25) is 19.4 Å². The van der Waals surface area contributed by atoms with Gasteiger partial charge in [-0.15, -0.1) is 0 Å². The number of hydrogen-bond donors (Lipinski definition) is 6. The Morgan fingerprint density at radius 1 is 1.05 bits per heavy atom. The first-order valence-corrected chi connectivity index (χ1v) is 21.6. The maximum atomic E-state index is 15.3. The monoisotopic (exact) mass is 811 g/mol. The van der Waals surface area contributed by atoms with Gasteiger partial charge >= 0.3 is 5.97 Å². The first-order valence-electron chi connectivity index (χ1n) is 21.6. The Morgan fingerprint density at radius 3 is 2.54 bits per heavy atom. The fourth-order valence-electron chi connectivity index (χ4n) is 13.4. The lowest BCUT2D eigenvalue weighted by Gasteiger charge is -2.63. The Bertz CT molecular complexity index is 2210. The molecule has 0 radical (unpaired) electrons. The number of nitrogens with one attached hydrogen (secondary N) is 2. The van der Waals surface area contributed by atoms with E-state index in [2.05, 4.69) is 32.2 Å². The van der Waals surface area contributed by atoms with E-state index >= 15 is 4.79 Å². The molecule has 1 amide bonds. The minimum absolute atomic E-state index is 0.0903. The van der Waals surface area contributed by atoms with Crippen molar-refractivity contribution < 1.29 is 39.5 Å². The molecule has 318 valence electrons. The van der Waals surface area contributed by atoms with Crippen molar-refractivity contribution in [2.45, 2.75) is 106 Å². The molecule has 5 unspecified atom stereocenters. The number of carbonyl (C=O) groups excluding carboxylic acids is 2. The highest BCUT2D eigenvalue weighted by Crippen LogP contribution is 2.67. The molecule has 1 saturated carbocycles. The summed E-state index contributed by atoms with van der Waals surface area (Å²) in [6, 6.07) is 11.0. The number of carbonyl (C=O) groups is 2. The molecule has 2 bridgehead atoms. The lowest BCUT2D eigenvalue weighted by molar-refractivity contribution is -0.203. The highest BCUT2D eigenvalue weighted by molar-refractivity contribution is 5.95. The van der Waals surface area contributed by atoms with E-state index in [-0.39, 0.29) is 18.5 Å². The average Bonchev–Trinajstić information content (AvgIpc) is 3.89. The maximum absolute atomic E-state index is 15.3. The van der Waals surface area contributed by atoms with Crippen LogP contribution in [0.5, 0.6) is 5.75 Å².